The van der Waals surface area contributed by atoms with E-state index in [4.69, 9.17) is 23.2 Å². The topological polar surface area (TPSA) is 59.8 Å². The van der Waals surface area contributed by atoms with Crippen LogP contribution in [0.5, 0.6) is 0 Å². The lowest BCUT2D eigenvalue weighted by Gasteiger charge is -2.10. The molecule has 25 heavy (non-hydrogen) atoms. The molecule has 3 aromatic rings. The predicted octanol–water partition coefficient (Wildman–Crippen LogP) is 4.82. The fourth-order valence-corrected chi connectivity index (χ4v) is 3.66. The van der Waals surface area contributed by atoms with Gasteiger partial charge in [0.25, 0.3) is 5.91 Å². The first-order chi connectivity index (χ1) is 12.0. The quantitative estimate of drug-likeness (QED) is 0.674. The maximum atomic E-state index is 12.6. The second-order valence-corrected chi connectivity index (χ2v) is 7.29. The minimum absolute atomic E-state index is 0.186. The molecule has 2 heterocycles. The minimum atomic E-state index is -0.186. The van der Waals surface area contributed by atoms with Crippen molar-refractivity contribution in [2.24, 2.45) is 0 Å². The highest BCUT2D eigenvalue weighted by Gasteiger charge is 2.17. The highest BCUT2D eigenvalue weighted by molar-refractivity contribution is 7.13. The fraction of sp³-hybridized carbons (Fsp3) is 0.235. The van der Waals surface area contributed by atoms with E-state index in [1.54, 1.807) is 23.0 Å². The van der Waals surface area contributed by atoms with E-state index in [1.807, 2.05) is 26.0 Å². The molecule has 2 aromatic heterocycles. The van der Waals surface area contributed by atoms with Crippen molar-refractivity contribution < 1.29 is 4.79 Å². The molecule has 0 unspecified atom stereocenters. The summed E-state index contributed by atoms with van der Waals surface area (Å²) >= 11 is 13.7. The Morgan fingerprint density at radius 3 is 2.84 bits per heavy atom. The number of thiazole rings is 1. The van der Waals surface area contributed by atoms with E-state index in [1.165, 1.54) is 11.3 Å². The second kappa shape index (κ2) is 7.56. The lowest BCUT2D eigenvalue weighted by molar-refractivity contribution is 0.102. The van der Waals surface area contributed by atoms with Crippen LogP contribution in [0.2, 0.25) is 10.0 Å². The normalized spacial score (nSPS) is 10.9. The number of hydrogen-bond acceptors (Lipinski definition) is 4. The Hall–Kier alpha value is -1.89. The van der Waals surface area contributed by atoms with Gasteiger partial charge in [-0.3, -0.25) is 4.79 Å². The fourth-order valence-electron chi connectivity index (χ4n) is 2.38. The molecule has 0 aliphatic rings. The number of amides is 1. The zero-order valence-corrected chi connectivity index (χ0v) is 16.0. The van der Waals surface area contributed by atoms with Crippen LogP contribution >= 0.6 is 34.5 Å². The van der Waals surface area contributed by atoms with Crippen molar-refractivity contribution in [2.75, 3.05) is 5.32 Å². The maximum absolute atomic E-state index is 12.6. The molecule has 3 rings (SSSR count). The van der Waals surface area contributed by atoms with Crippen LogP contribution in [-0.2, 0) is 13.0 Å². The van der Waals surface area contributed by atoms with Gasteiger partial charge in [-0.1, -0.05) is 42.3 Å². The molecule has 0 saturated heterocycles. The smallest absolute Gasteiger partial charge is 0.268 e. The Kier molecular flexibility index (Phi) is 5.42. The third kappa shape index (κ3) is 3.86. The van der Waals surface area contributed by atoms with Crippen molar-refractivity contribution in [3.63, 3.8) is 0 Å². The minimum Gasteiger partial charge on any atom is -0.306 e. The molecular formula is C17H16Cl2N4OS. The summed E-state index contributed by atoms with van der Waals surface area (Å²) in [4.78, 5) is 17.6. The Morgan fingerprint density at radius 1 is 1.32 bits per heavy atom. The number of aromatic nitrogens is 3. The summed E-state index contributed by atoms with van der Waals surface area (Å²) in [6.45, 7) is 4.27. The van der Waals surface area contributed by atoms with Crippen LogP contribution in [-0.4, -0.2) is 20.7 Å². The molecular weight excluding hydrogens is 379 g/mol. The summed E-state index contributed by atoms with van der Waals surface area (Å²) in [5.74, 6) is 0.403. The number of hydrogen-bond donors (Lipinski definition) is 1. The van der Waals surface area contributed by atoms with Crippen molar-refractivity contribution in [3.05, 3.63) is 61.6 Å². The SMILES string of the molecule is CCc1nc(C)c(C(=O)Nc2ccnn2Cc2cccc(Cl)c2Cl)s1. The Labute approximate surface area is 159 Å². The summed E-state index contributed by atoms with van der Waals surface area (Å²) in [5, 5.41) is 9.08. The molecule has 0 aliphatic heterocycles. The van der Waals surface area contributed by atoms with Gasteiger partial charge in [0.2, 0.25) is 0 Å². The van der Waals surface area contributed by atoms with E-state index in [-0.39, 0.29) is 5.91 Å². The number of aryl methyl sites for hydroxylation is 2. The van der Waals surface area contributed by atoms with Gasteiger partial charge in [0.15, 0.2) is 0 Å². The number of carbonyl (C=O) groups excluding carboxylic acids is 1. The van der Waals surface area contributed by atoms with Crippen molar-refractivity contribution in [1.29, 1.82) is 0 Å². The van der Waals surface area contributed by atoms with Crippen LogP contribution in [0.4, 0.5) is 5.82 Å². The van der Waals surface area contributed by atoms with Crippen LogP contribution in [0.15, 0.2) is 30.5 Å². The molecule has 0 saturated carbocycles. The molecule has 1 aromatic carbocycles. The summed E-state index contributed by atoms with van der Waals surface area (Å²) < 4.78 is 1.67. The molecule has 1 amide bonds. The Balaban J connectivity index is 1.81. The summed E-state index contributed by atoms with van der Waals surface area (Å²) in [7, 11) is 0. The van der Waals surface area contributed by atoms with Gasteiger partial charge in [-0.2, -0.15) is 5.10 Å². The zero-order chi connectivity index (χ0) is 18.0. The van der Waals surface area contributed by atoms with Crippen LogP contribution in [0, 0.1) is 6.92 Å². The van der Waals surface area contributed by atoms with E-state index < -0.39 is 0 Å². The van der Waals surface area contributed by atoms with Crippen molar-refractivity contribution in [3.8, 4) is 0 Å². The van der Waals surface area contributed by atoms with Crippen LogP contribution in [0.25, 0.3) is 0 Å². The molecule has 0 spiro atoms. The third-order valence-corrected chi connectivity index (χ3v) is 5.82. The number of carbonyl (C=O) groups is 1. The number of anilines is 1. The first kappa shape index (κ1) is 17.9. The van der Waals surface area contributed by atoms with Gasteiger partial charge in [-0.15, -0.1) is 11.3 Å². The van der Waals surface area contributed by atoms with Crippen molar-refractivity contribution >= 4 is 46.3 Å². The van der Waals surface area contributed by atoms with E-state index >= 15 is 0 Å². The number of benzene rings is 1. The van der Waals surface area contributed by atoms with E-state index in [0.717, 1.165) is 22.7 Å². The standard InChI is InChI=1S/C17H16Cl2N4OS/c1-3-14-21-10(2)16(25-14)17(24)22-13-7-8-20-23(13)9-11-5-4-6-12(18)15(11)19/h4-8H,3,9H2,1-2H3,(H,22,24). The maximum Gasteiger partial charge on any atom is 0.268 e. The lowest BCUT2D eigenvalue weighted by atomic mass is 10.2. The van der Waals surface area contributed by atoms with Gasteiger partial charge >= 0.3 is 0 Å². The first-order valence-electron chi connectivity index (χ1n) is 7.72. The molecule has 0 bridgehead atoms. The predicted molar refractivity (Wildman–Crippen MR) is 102 cm³/mol. The number of halogens is 2. The zero-order valence-electron chi connectivity index (χ0n) is 13.7. The summed E-state index contributed by atoms with van der Waals surface area (Å²) in [6, 6.07) is 7.19. The molecule has 0 atom stereocenters. The van der Waals surface area contributed by atoms with Gasteiger partial charge in [-0.05, 0) is 25.0 Å². The molecule has 0 radical (unpaired) electrons. The van der Waals surface area contributed by atoms with E-state index in [0.29, 0.717) is 27.3 Å². The number of rotatable bonds is 5. The van der Waals surface area contributed by atoms with Gasteiger partial charge in [0.1, 0.15) is 10.7 Å². The van der Waals surface area contributed by atoms with Gasteiger partial charge < -0.3 is 5.32 Å². The number of nitrogens with zero attached hydrogens (tertiary/aromatic N) is 3. The molecule has 5 nitrogen and oxygen atoms in total. The van der Waals surface area contributed by atoms with E-state index in [2.05, 4.69) is 15.4 Å². The average molecular weight is 395 g/mol. The Morgan fingerprint density at radius 2 is 2.12 bits per heavy atom. The van der Waals surface area contributed by atoms with Gasteiger partial charge in [0.05, 0.1) is 33.5 Å². The highest BCUT2D eigenvalue weighted by Crippen LogP contribution is 2.27. The monoisotopic (exact) mass is 394 g/mol. The first-order valence-corrected chi connectivity index (χ1v) is 9.29. The summed E-state index contributed by atoms with van der Waals surface area (Å²) in [6.07, 6.45) is 2.44. The third-order valence-electron chi connectivity index (χ3n) is 3.66. The molecule has 0 aliphatic carbocycles. The average Bonchev–Trinajstić information content (AvgIpc) is 3.18. The lowest BCUT2D eigenvalue weighted by Crippen LogP contribution is -2.16. The largest absolute Gasteiger partial charge is 0.306 e. The molecule has 130 valence electrons. The second-order valence-electron chi connectivity index (χ2n) is 5.42. The Bertz CT molecular complexity index is 919. The highest BCUT2D eigenvalue weighted by atomic mass is 35.5. The molecule has 8 heteroatoms. The van der Waals surface area contributed by atoms with Crippen LogP contribution in [0.1, 0.15) is 32.9 Å². The molecule has 0 fully saturated rings. The van der Waals surface area contributed by atoms with Crippen LogP contribution < -0.4 is 5.32 Å². The summed E-state index contributed by atoms with van der Waals surface area (Å²) in [5.41, 5.74) is 1.57. The van der Waals surface area contributed by atoms with Gasteiger partial charge in [-0.25, -0.2) is 9.67 Å². The van der Waals surface area contributed by atoms with Crippen molar-refractivity contribution in [2.45, 2.75) is 26.8 Å². The van der Waals surface area contributed by atoms with E-state index in [9.17, 15) is 4.79 Å². The van der Waals surface area contributed by atoms with Gasteiger partial charge in [0, 0.05) is 6.07 Å². The van der Waals surface area contributed by atoms with Crippen molar-refractivity contribution in [1.82, 2.24) is 14.8 Å². The molecule has 1 N–H and O–H groups in total. The number of nitrogens with one attached hydrogen (secondary N) is 1. The van der Waals surface area contributed by atoms with Crippen LogP contribution in [0.3, 0.4) is 0 Å².